The standard InChI is InChI=1S/C12H10Cl2N2O2S/c1-2-18-11(17)10-6-19-12(16-10)15-9-5-7(13)3-4-8(9)14/h3-6H,2H2,1H3,(H,15,16). The van der Waals surface area contributed by atoms with Crippen molar-refractivity contribution in [1.82, 2.24) is 4.98 Å². The van der Waals surface area contributed by atoms with Gasteiger partial charge in [-0.25, -0.2) is 9.78 Å². The third-order valence-electron chi connectivity index (χ3n) is 2.16. The molecule has 0 fully saturated rings. The number of hydrogen-bond acceptors (Lipinski definition) is 5. The maximum atomic E-state index is 11.5. The molecule has 1 heterocycles. The van der Waals surface area contributed by atoms with Gasteiger partial charge in [-0.1, -0.05) is 23.2 Å². The number of carbonyl (C=O) groups excluding carboxylic acids is 1. The van der Waals surface area contributed by atoms with E-state index in [4.69, 9.17) is 27.9 Å². The molecule has 1 aromatic carbocycles. The Hall–Kier alpha value is -1.30. The number of thiazole rings is 1. The monoisotopic (exact) mass is 316 g/mol. The molecule has 0 saturated heterocycles. The van der Waals surface area contributed by atoms with Gasteiger partial charge < -0.3 is 10.1 Å². The fourth-order valence-electron chi connectivity index (χ4n) is 1.34. The molecule has 0 spiro atoms. The van der Waals surface area contributed by atoms with E-state index in [0.717, 1.165) is 0 Å². The molecule has 0 saturated carbocycles. The lowest BCUT2D eigenvalue weighted by atomic mass is 10.3. The van der Waals surface area contributed by atoms with Crippen molar-refractivity contribution in [2.75, 3.05) is 11.9 Å². The number of rotatable bonds is 4. The lowest BCUT2D eigenvalue weighted by Gasteiger charge is -2.05. The third kappa shape index (κ3) is 3.59. The summed E-state index contributed by atoms with van der Waals surface area (Å²) in [5, 5.41) is 6.27. The van der Waals surface area contributed by atoms with Crippen LogP contribution in [0.4, 0.5) is 10.8 Å². The molecule has 0 aliphatic rings. The molecule has 0 radical (unpaired) electrons. The molecular weight excluding hydrogens is 307 g/mol. The Morgan fingerprint density at radius 3 is 3.00 bits per heavy atom. The van der Waals surface area contributed by atoms with Gasteiger partial charge in [0.2, 0.25) is 0 Å². The minimum Gasteiger partial charge on any atom is -0.461 e. The second-order valence-corrected chi connectivity index (χ2v) is 5.21. The van der Waals surface area contributed by atoms with Crippen LogP contribution in [0.1, 0.15) is 17.4 Å². The van der Waals surface area contributed by atoms with Crippen LogP contribution in [-0.2, 0) is 4.74 Å². The van der Waals surface area contributed by atoms with Gasteiger partial charge in [-0.3, -0.25) is 0 Å². The van der Waals surface area contributed by atoms with E-state index in [0.29, 0.717) is 27.5 Å². The molecule has 2 aromatic rings. The van der Waals surface area contributed by atoms with Gasteiger partial charge in [-0.2, -0.15) is 0 Å². The molecule has 0 bridgehead atoms. The van der Waals surface area contributed by atoms with Crippen LogP contribution in [0.2, 0.25) is 10.0 Å². The van der Waals surface area contributed by atoms with Crippen LogP contribution in [0.25, 0.3) is 0 Å². The first-order valence-corrected chi connectivity index (χ1v) is 7.08. The number of hydrogen-bond donors (Lipinski definition) is 1. The van der Waals surface area contributed by atoms with E-state index in [1.54, 1.807) is 30.5 Å². The summed E-state index contributed by atoms with van der Waals surface area (Å²) in [5.74, 6) is -0.441. The quantitative estimate of drug-likeness (QED) is 0.851. The van der Waals surface area contributed by atoms with Crippen LogP contribution in [0.5, 0.6) is 0 Å². The number of nitrogens with one attached hydrogen (secondary N) is 1. The van der Waals surface area contributed by atoms with Crippen LogP contribution < -0.4 is 5.32 Å². The van der Waals surface area contributed by atoms with Gasteiger partial charge in [0.1, 0.15) is 0 Å². The molecule has 0 aliphatic heterocycles. The first-order valence-electron chi connectivity index (χ1n) is 5.45. The lowest BCUT2D eigenvalue weighted by Crippen LogP contribution is -2.05. The largest absolute Gasteiger partial charge is 0.461 e. The van der Waals surface area contributed by atoms with Gasteiger partial charge in [0, 0.05) is 10.4 Å². The Morgan fingerprint density at radius 1 is 1.47 bits per heavy atom. The van der Waals surface area contributed by atoms with Gasteiger partial charge >= 0.3 is 5.97 Å². The van der Waals surface area contributed by atoms with E-state index < -0.39 is 5.97 Å². The molecule has 0 amide bonds. The average molecular weight is 317 g/mol. The molecule has 0 unspecified atom stereocenters. The average Bonchev–Trinajstić information content (AvgIpc) is 2.83. The highest BCUT2D eigenvalue weighted by atomic mass is 35.5. The van der Waals surface area contributed by atoms with Crippen LogP contribution in [0.3, 0.4) is 0 Å². The van der Waals surface area contributed by atoms with Crippen molar-refractivity contribution >= 4 is 51.3 Å². The Balaban J connectivity index is 2.15. The smallest absolute Gasteiger partial charge is 0.357 e. The van der Waals surface area contributed by atoms with Crippen molar-refractivity contribution in [3.05, 3.63) is 39.3 Å². The molecule has 0 atom stereocenters. The van der Waals surface area contributed by atoms with Gasteiger partial charge in [0.05, 0.1) is 17.3 Å². The number of aromatic nitrogens is 1. The topological polar surface area (TPSA) is 51.2 Å². The van der Waals surface area contributed by atoms with Crippen molar-refractivity contribution in [3.63, 3.8) is 0 Å². The number of anilines is 2. The van der Waals surface area contributed by atoms with Crippen LogP contribution in [0.15, 0.2) is 23.6 Å². The molecule has 19 heavy (non-hydrogen) atoms. The van der Waals surface area contributed by atoms with Crippen LogP contribution >= 0.6 is 34.5 Å². The Kier molecular flexibility index (Phi) is 4.63. The van der Waals surface area contributed by atoms with E-state index in [1.807, 2.05) is 0 Å². The fourth-order valence-corrected chi connectivity index (χ4v) is 2.37. The van der Waals surface area contributed by atoms with E-state index in [1.165, 1.54) is 11.3 Å². The molecule has 1 N–H and O–H groups in total. The first kappa shape index (κ1) is 14.1. The minimum atomic E-state index is -0.441. The number of esters is 1. The number of benzene rings is 1. The summed E-state index contributed by atoms with van der Waals surface area (Å²) < 4.78 is 4.86. The zero-order valence-electron chi connectivity index (χ0n) is 9.94. The van der Waals surface area contributed by atoms with Crippen molar-refractivity contribution in [1.29, 1.82) is 0 Å². The van der Waals surface area contributed by atoms with Crippen LogP contribution in [-0.4, -0.2) is 17.6 Å². The number of carbonyl (C=O) groups is 1. The van der Waals surface area contributed by atoms with E-state index in [2.05, 4.69) is 10.3 Å². The summed E-state index contributed by atoms with van der Waals surface area (Å²) in [5.41, 5.74) is 0.909. The van der Waals surface area contributed by atoms with Crippen molar-refractivity contribution < 1.29 is 9.53 Å². The molecule has 4 nitrogen and oxygen atoms in total. The summed E-state index contributed by atoms with van der Waals surface area (Å²) in [4.78, 5) is 15.6. The normalized spacial score (nSPS) is 10.3. The predicted octanol–water partition coefficient (Wildman–Crippen LogP) is 4.37. The van der Waals surface area contributed by atoms with Gasteiger partial charge in [-0.15, -0.1) is 11.3 Å². The number of halogens is 2. The molecule has 1 aromatic heterocycles. The maximum absolute atomic E-state index is 11.5. The van der Waals surface area contributed by atoms with Gasteiger partial charge in [-0.05, 0) is 25.1 Å². The van der Waals surface area contributed by atoms with E-state index >= 15 is 0 Å². The second kappa shape index (κ2) is 6.23. The molecule has 7 heteroatoms. The Bertz CT molecular complexity index is 601. The van der Waals surface area contributed by atoms with E-state index in [9.17, 15) is 4.79 Å². The van der Waals surface area contributed by atoms with Gasteiger partial charge in [0.25, 0.3) is 0 Å². The predicted molar refractivity (Wildman–Crippen MR) is 77.8 cm³/mol. The van der Waals surface area contributed by atoms with Crippen molar-refractivity contribution in [2.45, 2.75) is 6.92 Å². The highest BCUT2D eigenvalue weighted by Crippen LogP contribution is 2.29. The molecular formula is C12H10Cl2N2O2S. The molecule has 100 valence electrons. The molecule has 0 aliphatic carbocycles. The fraction of sp³-hybridized carbons (Fsp3) is 0.167. The third-order valence-corrected chi connectivity index (χ3v) is 3.48. The minimum absolute atomic E-state index is 0.271. The Morgan fingerprint density at radius 2 is 2.26 bits per heavy atom. The van der Waals surface area contributed by atoms with Crippen LogP contribution in [0, 0.1) is 0 Å². The first-order chi connectivity index (χ1) is 9.10. The van der Waals surface area contributed by atoms with Crippen molar-refractivity contribution in [3.8, 4) is 0 Å². The number of nitrogens with zero attached hydrogens (tertiary/aromatic N) is 1. The Labute approximate surface area is 124 Å². The SMILES string of the molecule is CCOC(=O)c1csc(Nc2cc(Cl)ccc2Cl)n1. The summed E-state index contributed by atoms with van der Waals surface area (Å²) in [6, 6.07) is 5.07. The van der Waals surface area contributed by atoms with Gasteiger partial charge in [0.15, 0.2) is 10.8 Å². The summed E-state index contributed by atoms with van der Waals surface area (Å²) in [6.45, 7) is 2.06. The highest BCUT2D eigenvalue weighted by Gasteiger charge is 2.12. The molecule has 2 rings (SSSR count). The summed E-state index contributed by atoms with van der Waals surface area (Å²) in [6.07, 6.45) is 0. The summed E-state index contributed by atoms with van der Waals surface area (Å²) in [7, 11) is 0. The zero-order valence-corrected chi connectivity index (χ0v) is 12.3. The number of ether oxygens (including phenoxy) is 1. The van der Waals surface area contributed by atoms with Crippen molar-refractivity contribution in [2.24, 2.45) is 0 Å². The lowest BCUT2D eigenvalue weighted by molar-refractivity contribution is 0.0520. The van der Waals surface area contributed by atoms with E-state index in [-0.39, 0.29) is 5.69 Å². The highest BCUT2D eigenvalue weighted by molar-refractivity contribution is 7.14. The summed E-state index contributed by atoms with van der Waals surface area (Å²) >= 11 is 13.2. The maximum Gasteiger partial charge on any atom is 0.357 e. The zero-order chi connectivity index (χ0) is 13.8. The second-order valence-electron chi connectivity index (χ2n) is 3.51.